The standard InChI is InChI=1S/C18H18N2OS/c21-18(11-15-5-3-9-22-15)20-8-7-14(12-20)17-10-13-4-1-2-6-16(13)19-17/h1-6,9-10,14,19H,7-8,11-12H2. The molecule has 1 aliphatic rings. The molecular formula is C18H18N2OS. The highest BCUT2D eigenvalue weighted by Gasteiger charge is 2.28. The predicted octanol–water partition coefficient (Wildman–Crippen LogP) is 3.79. The van der Waals surface area contributed by atoms with Crippen molar-refractivity contribution in [2.45, 2.75) is 18.8 Å². The summed E-state index contributed by atoms with van der Waals surface area (Å²) in [5.41, 5.74) is 2.44. The number of hydrogen-bond acceptors (Lipinski definition) is 2. The zero-order valence-corrected chi connectivity index (χ0v) is 13.1. The highest BCUT2D eigenvalue weighted by molar-refractivity contribution is 7.10. The minimum atomic E-state index is 0.251. The molecule has 1 N–H and O–H groups in total. The SMILES string of the molecule is O=C(Cc1cccs1)N1CCC(c2cc3ccccc3[nH]2)C1. The molecule has 4 rings (SSSR count). The topological polar surface area (TPSA) is 36.1 Å². The average Bonchev–Trinajstić information content (AvgIpc) is 3.26. The van der Waals surface area contributed by atoms with Crippen molar-refractivity contribution < 1.29 is 4.79 Å². The van der Waals surface area contributed by atoms with Crippen LogP contribution in [0.2, 0.25) is 0 Å². The van der Waals surface area contributed by atoms with Gasteiger partial charge in [0, 0.05) is 35.1 Å². The minimum Gasteiger partial charge on any atom is -0.358 e. The lowest BCUT2D eigenvalue weighted by Gasteiger charge is -2.15. The van der Waals surface area contributed by atoms with E-state index in [0.717, 1.165) is 24.4 Å². The summed E-state index contributed by atoms with van der Waals surface area (Å²) in [6, 6.07) is 14.6. The molecule has 112 valence electrons. The summed E-state index contributed by atoms with van der Waals surface area (Å²) in [7, 11) is 0. The van der Waals surface area contributed by atoms with Crippen molar-refractivity contribution >= 4 is 28.1 Å². The number of aromatic amines is 1. The van der Waals surface area contributed by atoms with Gasteiger partial charge in [0.1, 0.15) is 0 Å². The van der Waals surface area contributed by atoms with Crippen molar-refractivity contribution in [1.29, 1.82) is 0 Å². The molecule has 3 heterocycles. The monoisotopic (exact) mass is 310 g/mol. The van der Waals surface area contributed by atoms with Gasteiger partial charge in [-0.05, 0) is 35.4 Å². The smallest absolute Gasteiger partial charge is 0.227 e. The van der Waals surface area contributed by atoms with Crippen LogP contribution in [-0.4, -0.2) is 28.9 Å². The number of fused-ring (bicyclic) bond motifs is 1. The fourth-order valence-electron chi connectivity index (χ4n) is 3.23. The normalized spacial score (nSPS) is 18.2. The summed E-state index contributed by atoms with van der Waals surface area (Å²) < 4.78 is 0. The van der Waals surface area contributed by atoms with Crippen molar-refractivity contribution in [1.82, 2.24) is 9.88 Å². The minimum absolute atomic E-state index is 0.251. The van der Waals surface area contributed by atoms with Crippen LogP contribution in [0.3, 0.4) is 0 Å². The number of aromatic nitrogens is 1. The van der Waals surface area contributed by atoms with Crippen LogP contribution in [0.5, 0.6) is 0 Å². The van der Waals surface area contributed by atoms with Gasteiger partial charge in [0.05, 0.1) is 6.42 Å². The number of carbonyl (C=O) groups excluding carboxylic acids is 1. The first kappa shape index (κ1) is 13.6. The third-order valence-electron chi connectivity index (χ3n) is 4.44. The molecule has 1 unspecified atom stereocenters. The molecule has 3 nitrogen and oxygen atoms in total. The lowest BCUT2D eigenvalue weighted by molar-refractivity contribution is -0.129. The summed E-state index contributed by atoms with van der Waals surface area (Å²) in [4.78, 5) is 19.1. The first-order valence-corrected chi connectivity index (χ1v) is 8.55. The molecular weight excluding hydrogens is 292 g/mol. The lowest BCUT2D eigenvalue weighted by Crippen LogP contribution is -2.29. The lowest BCUT2D eigenvalue weighted by atomic mass is 10.1. The Hall–Kier alpha value is -2.07. The van der Waals surface area contributed by atoms with Gasteiger partial charge in [-0.2, -0.15) is 0 Å². The maximum absolute atomic E-state index is 12.4. The van der Waals surface area contributed by atoms with Gasteiger partial charge in [-0.1, -0.05) is 24.3 Å². The first-order chi connectivity index (χ1) is 10.8. The Bertz CT molecular complexity index is 757. The van der Waals surface area contributed by atoms with E-state index in [0.29, 0.717) is 12.3 Å². The number of benzene rings is 1. The van der Waals surface area contributed by atoms with E-state index in [4.69, 9.17) is 0 Å². The summed E-state index contributed by atoms with van der Waals surface area (Å²) >= 11 is 1.66. The number of nitrogens with zero attached hydrogens (tertiary/aromatic N) is 1. The molecule has 3 aromatic rings. The molecule has 0 radical (unpaired) electrons. The molecule has 1 saturated heterocycles. The number of rotatable bonds is 3. The second-order valence-electron chi connectivity index (χ2n) is 5.89. The van der Waals surface area contributed by atoms with Crippen LogP contribution in [0.1, 0.15) is 22.9 Å². The van der Waals surface area contributed by atoms with Gasteiger partial charge >= 0.3 is 0 Å². The van der Waals surface area contributed by atoms with E-state index in [1.165, 1.54) is 16.6 Å². The Kier molecular flexibility index (Phi) is 3.47. The van der Waals surface area contributed by atoms with E-state index in [2.05, 4.69) is 29.2 Å². The molecule has 22 heavy (non-hydrogen) atoms. The van der Waals surface area contributed by atoms with Crippen LogP contribution < -0.4 is 0 Å². The zero-order chi connectivity index (χ0) is 14.9. The molecule has 1 atom stereocenters. The summed E-state index contributed by atoms with van der Waals surface area (Å²) in [6.07, 6.45) is 1.58. The van der Waals surface area contributed by atoms with Crippen molar-refractivity contribution in [3.05, 3.63) is 58.4 Å². The number of carbonyl (C=O) groups is 1. The zero-order valence-electron chi connectivity index (χ0n) is 12.3. The van der Waals surface area contributed by atoms with Crippen molar-refractivity contribution in [3.63, 3.8) is 0 Å². The maximum atomic E-state index is 12.4. The van der Waals surface area contributed by atoms with Crippen LogP contribution in [0.4, 0.5) is 0 Å². The maximum Gasteiger partial charge on any atom is 0.227 e. The van der Waals surface area contributed by atoms with Gasteiger partial charge in [-0.25, -0.2) is 0 Å². The van der Waals surface area contributed by atoms with Crippen molar-refractivity contribution in [3.8, 4) is 0 Å². The molecule has 0 spiro atoms. The van der Waals surface area contributed by atoms with Gasteiger partial charge in [0.2, 0.25) is 5.91 Å². The van der Waals surface area contributed by atoms with E-state index < -0.39 is 0 Å². The Morgan fingerprint density at radius 3 is 3.00 bits per heavy atom. The van der Waals surface area contributed by atoms with E-state index in [1.54, 1.807) is 11.3 Å². The third-order valence-corrected chi connectivity index (χ3v) is 5.31. The summed E-state index contributed by atoms with van der Waals surface area (Å²) in [5, 5.41) is 3.28. The Morgan fingerprint density at radius 2 is 2.18 bits per heavy atom. The first-order valence-electron chi connectivity index (χ1n) is 7.67. The molecule has 0 bridgehead atoms. The highest BCUT2D eigenvalue weighted by atomic mass is 32.1. The van der Waals surface area contributed by atoms with E-state index in [9.17, 15) is 4.79 Å². The number of thiophene rings is 1. The molecule has 1 aliphatic heterocycles. The second-order valence-corrected chi connectivity index (χ2v) is 6.93. The number of amides is 1. The predicted molar refractivity (Wildman–Crippen MR) is 90.3 cm³/mol. The summed E-state index contributed by atoms with van der Waals surface area (Å²) in [5.74, 6) is 0.681. The number of likely N-dealkylation sites (tertiary alicyclic amines) is 1. The van der Waals surface area contributed by atoms with Crippen molar-refractivity contribution in [2.75, 3.05) is 13.1 Å². The van der Waals surface area contributed by atoms with Gasteiger partial charge in [0.15, 0.2) is 0 Å². The van der Waals surface area contributed by atoms with E-state index >= 15 is 0 Å². The summed E-state index contributed by atoms with van der Waals surface area (Å²) in [6.45, 7) is 1.70. The molecule has 1 amide bonds. The Balaban J connectivity index is 1.46. The van der Waals surface area contributed by atoms with Crippen LogP contribution >= 0.6 is 11.3 Å². The van der Waals surface area contributed by atoms with E-state index in [-0.39, 0.29) is 5.91 Å². The van der Waals surface area contributed by atoms with Crippen molar-refractivity contribution in [2.24, 2.45) is 0 Å². The molecule has 0 aliphatic carbocycles. The van der Waals surface area contributed by atoms with Gasteiger partial charge in [-0.15, -0.1) is 11.3 Å². The number of para-hydroxylation sites is 1. The van der Waals surface area contributed by atoms with Crippen LogP contribution in [0, 0.1) is 0 Å². The number of hydrogen-bond donors (Lipinski definition) is 1. The fraction of sp³-hybridized carbons (Fsp3) is 0.278. The molecule has 0 saturated carbocycles. The average molecular weight is 310 g/mol. The molecule has 2 aromatic heterocycles. The van der Waals surface area contributed by atoms with E-state index in [1.807, 2.05) is 28.5 Å². The fourth-order valence-corrected chi connectivity index (χ4v) is 3.93. The number of H-pyrrole nitrogens is 1. The molecule has 1 aromatic carbocycles. The van der Waals surface area contributed by atoms with Gasteiger partial charge in [-0.3, -0.25) is 4.79 Å². The second kappa shape index (κ2) is 5.61. The largest absolute Gasteiger partial charge is 0.358 e. The van der Waals surface area contributed by atoms with Gasteiger partial charge in [0.25, 0.3) is 0 Å². The molecule has 1 fully saturated rings. The van der Waals surface area contributed by atoms with Crippen LogP contribution in [0.15, 0.2) is 47.8 Å². The quantitative estimate of drug-likeness (QED) is 0.785. The molecule has 4 heteroatoms. The number of nitrogens with one attached hydrogen (secondary N) is 1. The highest BCUT2D eigenvalue weighted by Crippen LogP contribution is 2.29. The van der Waals surface area contributed by atoms with Crippen LogP contribution in [0.25, 0.3) is 10.9 Å². The van der Waals surface area contributed by atoms with Crippen LogP contribution in [-0.2, 0) is 11.2 Å². The Morgan fingerprint density at radius 1 is 1.27 bits per heavy atom. The Labute approximate surface area is 133 Å². The van der Waals surface area contributed by atoms with Gasteiger partial charge < -0.3 is 9.88 Å². The third kappa shape index (κ3) is 2.55.